The lowest BCUT2D eigenvalue weighted by Crippen LogP contribution is -2.46. The Hall–Kier alpha value is -3.75. The predicted octanol–water partition coefficient (Wildman–Crippen LogP) is 4.78. The third-order valence-corrected chi connectivity index (χ3v) is 6.64. The van der Waals surface area contributed by atoms with E-state index in [0.29, 0.717) is 30.8 Å². The van der Waals surface area contributed by atoms with Crippen molar-refractivity contribution < 1.29 is 29.0 Å². The smallest absolute Gasteiger partial charge is 0.414 e. The van der Waals surface area contributed by atoms with Crippen molar-refractivity contribution in [2.75, 3.05) is 32.1 Å². The quantitative estimate of drug-likeness (QED) is 0.614. The normalized spacial score (nSPS) is 19.6. The fraction of sp³-hybridized carbons (Fsp3) is 0.444. The van der Waals surface area contributed by atoms with Crippen LogP contribution in [0.5, 0.6) is 5.75 Å². The van der Waals surface area contributed by atoms with Gasteiger partial charge in [-0.15, -0.1) is 0 Å². The molecule has 2 aliphatic rings. The number of carboxylic acid groups (broad SMARTS) is 1. The second-order valence-electron chi connectivity index (χ2n) is 10.3. The van der Waals surface area contributed by atoms with E-state index in [2.05, 4.69) is 17.4 Å². The van der Waals surface area contributed by atoms with Crippen LogP contribution in [0.1, 0.15) is 54.6 Å². The minimum Gasteiger partial charge on any atom is -0.497 e. The highest BCUT2D eigenvalue weighted by Gasteiger charge is 2.35. The van der Waals surface area contributed by atoms with E-state index in [1.54, 1.807) is 24.1 Å². The molecule has 2 unspecified atom stereocenters. The Morgan fingerprint density at radius 2 is 1.86 bits per heavy atom. The lowest BCUT2D eigenvalue weighted by Gasteiger charge is -2.39. The van der Waals surface area contributed by atoms with E-state index in [1.165, 1.54) is 5.56 Å². The monoisotopic (exact) mass is 495 g/mol. The molecule has 2 atom stereocenters. The molecule has 2 N–H and O–H groups in total. The number of fused-ring (bicyclic) bond motifs is 1. The Bertz CT molecular complexity index is 1140. The van der Waals surface area contributed by atoms with Crippen molar-refractivity contribution >= 4 is 23.8 Å². The summed E-state index contributed by atoms with van der Waals surface area (Å²) in [7, 11) is 1.64. The maximum absolute atomic E-state index is 12.8. The number of nitrogens with zero attached hydrogens (tertiary/aromatic N) is 2. The molecule has 3 amide bonds. The van der Waals surface area contributed by atoms with Crippen molar-refractivity contribution in [2.24, 2.45) is 5.92 Å². The average Bonchev–Trinajstić information content (AvgIpc) is 3.17. The second kappa shape index (κ2) is 10.1. The summed E-state index contributed by atoms with van der Waals surface area (Å²) in [6, 6.07) is 13.4. The first-order valence-electron chi connectivity index (χ1n) is 12.1. The highest BCUT2D eigenvalue weighted by atomic mass is 16.6. The van der Waals surface area contributed by atoms with Crippen molar-refractivity contribution in [3.05, 3.63) is 59.2 Å². The zero-order valence-electron chi connectivity index (χ0n) is 21.1. The number of rotatable bonds is 5. The number of imide groups is 1. The highest BCUT2D eigenvalue weighted by molar-refractivity contribution is 6.06. The van der Waals surface area contributed by atoms with Crippen LogP contribution in [-0.2, 0) is 11.3 Å². The maximum atomic E-state index is 12.8. The Morgan fingerprint density at radius 1 is 1.14 bits per heavy atom. The van der Waals surface area contributed by atoms with E-state index in [0.717, 1.165) is 22.8 Å². The summed E-state index contributed by atoms with van der Waals surface area (Å²) in [6.45, 7) is 7.32. The van der Waals surface area contributed by atoms with Gasteiger partial charge in [0.25, 0.3) is 5.91 Å². The Labute approximate surface area is 211 Å². The number of carbonyl (C=O) groups is 3. The number of hydrogen-bond donors (Lipinski definition) is 2. The van der Waals surface area contributed by atoms with Crippen LogP contribution in [0.25, 0.3) is 0 Å². The summed E-state index contributed by atoms with van der Waals surface area (Å²) in [5, 5.41) is 12.7. The predicted molar refractivity (Wildman–Crippen MR) is 134 cm³/mol. The van der Waals surface area contributed by atoms with Crippen LogP contribution in [0.15, 0.2) is 42.5 Å². The van der Waals surface area contributed by atoms with Crippen molar-refractivity contribution in [3.63, 3.8) is 0 Å². The standard InChI is InChI=1S/C27H33N3O6/c1-27(2,3)36-26(34)29-12-11-22(17-6-9-21(35-4)10-7-17)19(15-29)14-28-20-8-5-18-16-30(25(32)33)24(31)23(18)13-20/h5-10,13,19,22,28H,11-12,14-16H2,1-4H3,(H,32,33). The molecule has 0 bridgehead atoms. The molecule has 192 valence electrons. The van der Waals surface area contributed by atoms with E-state index in [1.807, 2.05) is 39.0 Å². The number of methoxy groups -OCH3 is 1. The largest absolute Gasteiger partial charge is 0.497 e. The molecule has 0 saturated carbocycles. The molecule has 1 saturated heterocycles. The number of amides is 3. The minimum absolute atomic E-state index is 0.0663. The molecule has 9 nitrogen and oxygen atoms in total. The van der Waals surface area contributed by atoms with Gasteiger partial charge in [0.05, 0.1) is 13.7 Å². The number of anilines is 1. The van der Waals surface area contributed by atoms with Crippen LogP contribution >= 0.6 is 0 Å². The second-order valence-corrected chi connectivity index (χ2v) is 10.3. The van der Waals surface area contributed by atoms with E-state index >= 15 is 0 Å². The zero-order chi connectivity index (χ0) is 26.0. The molecule has 0 aromatic heterocycles. The van der Waals surface area contributed by atoms with Gasteiger partial charge in [0.2, 0.25) is 0 Å². The van der Waals surface area contributed by atoms with Gasteiger partial charge < -0.3 is 24.8 Å². The molecule has 2 aliphatic heterocycles. The summed E-state index contributed by atoms with van der Waals surface area (Å²) in [5.41, 5.74) is 2.43. The molecule has 36 heavy (non-hydrogen) atoms. The Balaban J connectivity index is 1.51. The van der Waals surface area contributed by atoms with Crippen LogP contribution in [0.4, 0.5) is 15.3 Å². The van der Waals surface area contributed by atoms with Gasteiger partial charge in [0.1, 0.15) is 11.4 Å². The van der Waals surface area contributed by atoms with Gasteiger partial charge in [-0.3, -0.25) is 4.79 Å². The molecule has 0 aliphatic carbocycles. The SMILES string of the molecule is COc1ccc(C2CCN(C(=O)OC(C)(C)C)CC2CNc2ccc3c(c2)C(=O)N(C(=O)O)C3)cc1. The third kappa shape index (κ3) is 5.56. The number of ether oxygens (including phenoxy) is 2. The number of carbonyl (C=O) groups excluding carboxylic acids is 2. The molecular weight excluding hydrogens is 462 g/mol. The molecule has 0 radical (unpaired) electrons. The summed E-state index contributed by atoms with van der Waals surface area (Å²) in [5.74, 6) is 0.573. The van der Waals surface area contributed by atoms with Crippen molar-refractivity contribution in [2.45, 2.75) is 45.3 Å². The van der Waals surface area contributed by atoms with E-state index in [-0.39, 0.29) is 24.5 Å². The van der Waals surface area contributed by atoms with Crippen LogP contribution in [0, 0.1) is 5.92 Å². The molecule has 2 aromatic rings. The number of benzene rings is 2. The summed E-state index contributed by atoms with van der Waals surface area (Å²) in [6.07, 6.45) is -0.788. The molecule has 9 heteroatoms. The van der Waals surface area contributed by atoms with Crippen LogP contribution in [0.3, 0.4) is 0 Å². The van der Waals surface area contributed by atoms with Crippen LogP contribution < -0.4 is 10.1 Å². The first-order chi connectivity index (χ1) is 17.1. The van der Waals surface area contributed by atoms with Gasteiger partial charge in [-0.2, -0.15) is 0 Å². The molecule has 2 heterocycles. The summed E-state index contributed by atoms with van der Waals surface area (Å²) >= 11 is 0. The average molecular weight is 496 g/mol. The van der Waals surface area contributed by atoms with Crippen LogP contribution in [0.2, 0.25) is 0 Å². The minimum atomic E-state index is -1.25. The lowest BCUT2D eigenvalue weighted by molar-refractivity contribution is 0.0152. The molecule has 1 fully saturated rings. The molecule has 0 spiro atoms. The van der Waals surface area contributed by atoms with Crippen LogP contribution in [-0.4, -0.2) is 65.3 Å². The molecule has 2 aromatic carbocycles. The van der Waals surface area contributed by atoms with E-state index < -0.39 is 17.6 Å². The van der Waals surface area contributed by atoms with Crippen molar-refractivity contribution in [3.8, 4) is 5.75 Å². The topological polar surface area (TPSA) is 108 Å². The first kappa shape index (κ1) is 25.3. The lowest BCUT2D eigenvalue weighted by atomic mass is 9.80. The van der Waals surface area contributed by atoms with Gasteiger partial charge in [0.15, 0.2) is 0 Å². The third-order valence-electron chi connectivity index (χ3n) is 6.64. The molecular formula is C27H33N3O6. The van der Waals surface area contributed by atoms with Crippen molar-refractivity contribution in [1.29, 1.82) is 0 Å². The number of likely N-dealkylation sites (tertiary alicyclic amines) is 1. The number of nitrogens with one attached hydrogen (secondary N) is 1. The fourth-order valence-electron chi connectivity index (χ4n) is 4.84. The van der Waals surface area contributed by atoms with Gasteiger partial charge >= 0.3 is 12.2 Å². The summed E-state index contributed by atoms with van der Waals surface area (Å²) < 4.78 is 10.9. The van der Waals surface area contributed by atoms with Gasteiger partial charge in [-0.1, -0.05) is 18.2 Å². The maximum Gasteiger partial charge on any atom is 0.414 e. The van der Waals surface area contributed by atoms with Crippen molar-refractivity contribution in [1.82, 2.24) is 9.80 Å². The number of hydrogen-bond acceptors (Lipinski definition) is 6. The van der Waals surface area contributed by atoms with E-state index in [9.17, 15) is 19.5 Å². The Morgan fingerprint density at radius 3 is 2.50 bits per heavy atom. The van der Waals surface area contributed by atoms with Gasteiger partial charge in [-0.25, -0.2) is 14.5 Å². The van der Waals surface area contributed by atoms with Gasteiger partial charge in [-0.05, 0) is 68.5 Å². The Kier molecular flexibility index (Phi) is 7.10. The van der Waals surface area contributed by atoms with E-state index in [4.69, 9.17) is 9.47 Å². The first-order valence-corrected chi connectivity index (χ1v) is 12.1. The highest BCUT2D eigenvalue weighted by Crippen LogP contribution is 2.35. The zero-order valence-corrected chi connectivity index (χ0v) is 21.1. The molecule has 4 rings (SSSR count). The summed E-state index contributed by atoms with van der Waals surface area (Å²) in [4.78, 5) is 39.1. The number of piperidine rings is 1. The van der Waals surface area contributed by atoms with Gasteiger partial charge in [0, 0.05) is 36.8 Å². The fourth-order valence-corrected chi connectivity index (χ4v) is 4.84.